The van der Waals surface area contributed by atoms with E-state index in [-0.39, 0.29) is 0 Å². The highest BCUT2D eigenvalue weighted by atomic mass is 15.0. The Bertz CT molecular complexity index is 2540. The predicted molar refractivity (Wildman–Crippen MR) is 210 cm³/mol. The number of para-hydroxylation sites is 1. The van der Waals surface area contributed by atoms with Crippen molar-refractivity contribution in [1.82, 2.24) is 13.7 Å². The Morgan fingerprint density at radius 2 is 0.792 bits per heavy atom. The predicted octanol–water partition coefficient (Wildman–Crippen LogP) is 11.8. The van der Waals surface area contributed by atoms with Crippen LogP contribution in [0.15, 0.2) is 109 Å². The van der Waals surface area contributed by atoms with Crippen molar-refractivity contribution in [2.45, 2.75) is 41.5 Å². The van der Waals surface area contributed by atoms with Gasteiger partial charge in [-0.05, 0) is 97.3 Å². The molecule has 6 aromatic carbocycles. The summed E-state index contributed by atoms with van der Waals surface area (Å²) in [5.74, 6) is 0. The highest BCUT2D eigenvalue weighted by Gasteiger charge is 2.16. The second-order valence-electron chi connectivity index (χ2n) is 13.3. The van der Waals surface area contributed by atoms with Gasteiger partial charge < -0.3 is 13.7 Å². The third-order valence-corrected chi connectivity index (χ3v) is 11.1. The molecule has 0 amide bonds. The summed E-state index contributed by atoms with van der Waals surface area (Å²) in [6.45, 7) is 13.2. The van der Waals surface area contributed by atoms with Gasteiger partial charge >= 0.3 is 0 Å². The van der Waals surface area contributed by atoms with Crippen LogP contribution in [0.25, 0.3) is 65.0 Å². The molecular formula is C45H45N3. The number of nitrogens with zero attached hydrogens (tertiary/aromatic N) is 3. The molecule has 9 aromatic rings. The fourth-order valence-corrected chi connectivity index (χ4v) is 7.71. The molecule has 3 aromatic heterocycles. The van der Waals surface area contributed by atoms with Crippen LogP contribution in [0.1, 0.15) is 33.8 Å². The maximum absolute atomic E-state index is 2.33. The third kappa shape index (κ3) is 4.80. The molecule has 0 atom stereocenters. The molecule has 0 fully saturated rings. The average molecular weight is 628 g/mol. The molecule has 0 radical (unpaired) electrons. The Labute approximate surface area is 283 Å². The lowest BCUT2D eigenvalue weighted by atomic mass is 9.96. The second-order valence-corrected chi connectivity index (χ2v) is 13.3. The highest BCUT2D eigenvalue weighted by molar-refractivity contribution is 6.25. The van der Waals surface area contributed by atoms with E-state index in [2.05, 4.69) is 186 Å². The molecule has 48 heavy (non-hydrogen) atoms. The van der Waals surface area contributed by atoms with Crippen LogP contribution in [-0.4, -0.2) is 13.7 Å². The Hall–Kier alpha value is -5.28. The molecular weight excluding hydrogens is 583 g/mol. The van der Waals surface area contributed by atoms with Gasteiger partial charge in [-0.15, -0.1) is 0 Å². The zero-order chi connectivity index (χ0) is 33.9. The van der Waals surface area contributed by atoms with Gasteiger partial charge in [-0.3, -0.25) is 0 Å². The van der Waals surface area contributed by atoms with Crippen molar-refractivity contribution in [2.24, 2.45) is 21.1 Å². The molecule has 240 valence electrons. The van der Waals surface area contributed by atoms with Gasteiger partial charge in [0.05, 0.1) is 5.52 Å². The van der Waals surface area contributed by atoms with Gasteiger partial charge in [0.15, 0.2) is 0 Å². The fraction of sp³-hybridized carbons (Fsp3) is 0.200. The molecule has 0 unspecified atom stereocenters. The molecule has 0 N–H and O–H groups in total. The number of hydrogen-bond acceptors (Lipinski definition) is 0. The normalized spacial score (nSPS) is 11.4. The lowest BCUT2D eigenvalue weighted by molar-refractivity contribution is 0.910. The maximum atomic E-state index is 2.33. The van der Waals surface area contributed by atoms with E-state index in [4.69, 9.17) is 0 Å². The van der Waals surface area contributed by atoms with E-state index in [1.165, 1.54) is 98.8 Å². The highest BCUT2D eigenvalue weighted by Crippen LogP contribution is 2.38. The molecule has 0 aliphatic rings. The number of hydrogen-bond donors (Lipinski definition) is 0. The van der Waals surface area contributed by atoms with Gasteiger partial charge in [0.2, 0.25) is 0 Å². The monoisotopic (exact) mass is 627 g/mol. The second kappa shape index (κ2) is 12.1. The lowest BCUT2D eigenvalue weighted by Crippen LogP contribution is -1.91. The van der Waals surface area contributed by atoms with Gasteiger partial charge in [-0.2, -0.15) is 0 Å². The van der Waals surface area contributed by atoms with Crippen molar-refractivity contribution in [2.75, 3.05) is 0 Å². The lowest BCUT2D eigenvalue weighted by Gasteiger charge is -2.09. The van der Waals surface area contributed by atoms with Crippen LogP contribution in [0.3, 0.4) is 0 Å². The van der Waals surface area contributed by atoms with Crippen molar-refractivity contribution in [3.63, 3.8) is 0 Å². The summed E-state index contributed by atoms with van der Waals surface area (Å²) in [5.41, 5.74) is 12.3. The van der Waals surface area contributed by atoms with Gasteiger partial charge in [0.1, 0.15) is 0 Å². The molecule has 3 heteroatoms. The summed E-state index contributed by atoms with van der Waals surface area (Å²) in [4.78, 5) is 0. The number of fused-ring (bicyclic) bond motifs is 10. The summed E-state index contributed by atoms with van der Waals surface area (Å²) in [5, 5.41) is 12.3. The first-order valence-corrected chi connectivity index (χ1v) is 16.9. The fourth-order valence-electron chi connectivity index (χ4n) is 7.71. The van der Waals surface area contributed by atoms with Crippen LogP contribution in [0, 0.1) is 41.5 Å². The molecule has 0 bridgehead atoms. The van der Waals surface area contributed by atoms with E-state index < -0.39 is 0 Å². The molecule has 3 nitrogen and oxygen atoms in total. The number of aryl methyl sites for hydroxylation is 6. The first-order valence-electron chi connectivity index (χ1n) is 16.9. The molecule has 0 saturated carbocycles. The van der Waals surface area contributed by atoms with Crippen LogP contribution in [0.5, 0.6) is 0 Å². The first-order chi connectivity index (χ1) is 23.1. The average Bonchev–Trinajstić information content (AvgIpc) is 3.60. The first kappa shape index (κ1) is 31.3. The molecule has 0 spiro atoms. The van der Waals surface area contributed by atoms with E-state index in [1.807, 2.05) is 0 Å². The van der Waals surface area contributed by atoms with Crippen molar-refractivity contribution in [1.29, 1.82) is 0 Å². The van der Waals surface area contributed by atoms with E-state index in [0.29, 0.717) is 0 Å². The van der Waals surface area contributed by atoms with Crippen LogP contribution in [-0.2, 0) is 21.1 Å². The molecule has 9 rings (SSSR count). The number of benzene rings is 6. The van der Waals surface area contributed by atoms with Gasteiger partial charge in [0.25, 0.3) is 0 Å². The van der Waals surface area contributed by atoms with Gasteiger partial charge in [-0.1, -0.05) is 97.1 Å². The third-order valence-electron chi connectivity index (χ3n) is 11.1. The van der Waals surface area contributed by atoms with Gasteiger partial charge in [0, 0.05) is 70.8 Å². The summed E-state index contributed by atoms with van der Waals surface area (Å²) in [6, 6.07) is 39.0. The van der Waals surface area contributed by atoms with E-state index >= 15 is 0 Å². The standard InChI is InChI=1S/C19H17N.C15H15N.C11H13N/c1-12-13(2)20(3)19-17-11-7-5-9-15(17)14-8-4-6-10-16(14)18(12)19;1-10-11(2)16(3)14-9-8-12-6-4-5-7-13(12)15(10)14;1-8-9(2)12(3)11-7-5-4-6-10(8)11/h4-11H,1-3H3;4-9H,1-3H3;4-7H,1-3H3. The van der Waals surface area contributed by atoms with Crippen LogP contribution in [0.2, 0.25) is 0 Å². The Morgan fingerprint density at radius 3 is 1.46 bits per heavy atom. The van der Waals surface area contributed by atoms with Crippen molar-refractivity contribution >= 4 is 65.0 Å². The summed E-state index contributed by atoms with van der Waals surface area (Å²) in [6.07, 6.45) is 0. The minimum atomic E-state index is 1.32. The van der Waals surface area contributed by atoms with Crippen molar-refractivity contribution in [3.05, 3.63) is 143 Å². The molecule has 0 aliphatic heterocycles. The quantitative estimate of drug-likeness (QED) is 0.149. The number of rotatable bonds is 0. The maximum Gasteiger partial charge on any atom is 0.0568 e. The molecule has 0 saturated heterocycles. The minimum Gasteiger partial charge on any atom is -0.348 e. The SMILES string of the molecule is Cc1c(C)n(C)c2c3ccccc3c3ccccc3c12.Cc1c(C)n(C)c2ccc3ccccc3c12.Cc1c(C)n(C)c2ccccc12. The summed E-state index contributed by atoms with van der Waals surface area (Å²) in [7, 11) is 6.43. The zero-order valence-electron chi connectivity index (χ0n) is 29.7. The summed E-state index contributed by atoms with van der Waals surface area (Å²) < 4.78 is 6.85. The van der Waals surface area contributed by atoms with E-state index in [9.17, 15) is 0 Å². The van der Waals surface area contributed by atoms with Crippen LogP contribution >= 0.6 is 0 Å². The molecule has 0 aliphatic carbocycles. The minimum absolute atomic E-state index is 1.32. The van der Waals surface area contributed by atoms with Crippen LogP contribution in [0.4, 0.5) is 0 Å². The Morgan fingerprint density at radius 1 is 0.333 bits per heavy atom. The van der Waals surface area contributed by atoms with E-state index in [1.54, 1.807) is 0 Å². The largest absolute Gasteiger partial charge is 0.348 e. The van der Waals surface area contributed by atoms with E-state index in [0.717, 1.165) is 0 Å². The number of aromatic nitrogens is 3. The molecule has 3 heterocycles. The zero-order valence-corrected chi connectivity index (χ0v) is 29.7. The topological polar surface area (TPSA) is 14.8 Å². The van der Waals surface area contributed by atoms with Crippen LogP contribution < -0.4 is 0 Å². The Balaban J connectivity index is 0.000000118. The van der Waals surface area contributed by atoms with Gasteiger partial charge in [-0.25, -0.2) is 0 Å². The summed E-state index contributed by atoms with van der Waals surface area (Å²) >= 11 is 0. The van der Waals surface area contributed by atoms with Crippen molar-refractivity contribution in [3.8, 4) is 0 Å². The Kier molecular flexibility index (Phi) is 7.87. The van der Waals surface area contributed by atoms with Crippen molar-refractivity contribution < 1.29 is 0 Å². The smallest absolute Gasteiger partial charge is 0.0568 e.